The number of aromatic nitrogens is 3. The molecule has 0 saturated carbocycles. The summed E-state index contributed by atoms with van der Waals surface area (Å²) in [7, 11) is 1.74. The highest BCUT2D eigenvalue weighted by molar-refractivity contribution is 5.87. The van der Waals surface area contributed by atoms with Gasteiger partial charge in [0.15, 0.2) is 11.4 Å². The standard InChI is InChI=1S/C25H29N5O3/c1-16-13-30-15-22(27-24(30)18(3)26-16)23-11-19-5-6-20(12-21(19)25(31)33-23)29-8-7-28(9-10-32-4)17(2)14-29/h5-6,11-13,15,17H,7-10,14H2,1-4H3/t17-/m0/s1. The fourth-order valence-electron chi connectivity index (χ4n) is 4.69. The normalized spacial score (nSPS) is 17.3. The summed E-state index contributed by atoms with van der Waals surface area (Å²) in [4.78, 5) is 26.8. The van der Waals surface area contributed by atoms with E-state index in [2.05, 4.69) is 32.8 Å². The van der Waals surface area contributed by atoms with Crippen molar-refractivity contribution in [3.05, 3.63) is 58.5 Å². The number of ether oxygens (including phenoxy) is 1. The summed E-state index contributed by atoms with van der Waals surface area (Å²) < 4.78 is 12.9. The van der Waals surface area contributed by atoms with E-state index >= 15 is 0 Å². The van der Waals surface area contributed by atoms with Gasteiger partial charge in [-0.05, 0) is 44.4 Å². The van der Waals surface area contributed by atoms with E-state index in [1.165, 1.54) is 0 Å². The molecule has 0 radical (unpaired) electrons. The van der Waals surface area contributed by atoms with Gasteiger partial charge in [0.2, 0.25) is 0 Å². The van der Waals surface area contributed by atoms with E-state index in [4.69, 9.17) is 9.15 Å². The van der Waals surface area contributed by atoms with Crippen LogP contribution in [0.5, 0.6) is 0 Å². The van der Waals surface area contributed by atoms with Crippen LogP contribution >= 0.6 is 0 Å². The fraction of sp³-hybridized carbons (Fsp3) is 0.400. The molecule has 33 heavy (non-hydrogen) atoms. The van der Waals surface area contributed by atoms with Crippen molar-refractivity contribution in [1.29, 1.82) is 0 Å². The third-order valence-electron chi connectivity index (χ3n) is 6.44. The maximum absolute atomic E-state index is 12.9. The van der Waals surface area contributed by atoms with Gasteiger partial charge in [-0.25, -0.2) is 9.78 Å². The van der Waals surface area contributed by atoms with Crippen LogP contribution in [-0.2, 0) is 4.74 Å². The average molecular weight is 448 g/mol. The Labute approximate surface area is 192 Å². The maximum atomic E-state index is 12.9. The molecule has 0 N–H and O–H groups in total. The zero-order valence-electron chi connectivity index (χ0n) is 19.5. The van der Waals surface area contributed by atoms with Crippen molar-refractivity contribution in [2.75, 3.05) is 44.8 Å². The molecule has 8 nitrogen and oxygen atoms in total. The Morgan fingerprint density at radius 3 is 2.79 bits per heavy atom. The number of benzene rings is 1. The SMILES string of the molecule is COCCN1CCN(c2ccc3cc(-c4cn5cc(C)nc(C)c5n4)oc(=O)c3c2)C[C@@H]1C. The summed E-state index contributed by atoms with van der Waals surface area (Å²) in [6.07, 6.45) is 3.79. The summed E-state index contributed by atoms with van der Waals surface area (Å²) >= 11 is 0. The number of aryl methyl sites for hydroxylation is 2. The van der Waals surface area contributed by atoms with E-state index in [-0.39, 0.29) is 5.63 Å². The van der Waals surface area contributed by atoms with Gasteiger partial charge in [0, 0.05) is 57.4 Å². The summed E-state index contributed by atoms with van der Waals surface area (Å²) in [6.45, 7) is 10.6. The quantitative estimate of drug-likeness (QED) is 0.465. The lowest BCUT2D eigenvalue weighted by Crippen LogP contribution is -2.52. The maximum Gasteiger partial charge on any atom is 0.344 e. The topological polar surface area (TPSA) is 76.1 Å². The largest absolute Gasteiger partial charge is 0.421 e. The van der Waals surface area contributed by atoms with Crippen LogP contribution in [0, 0.1) is 13.8 Å². The van der Waals surface area contributed by atoms with Crippen LogP contribution in [0.2, 0.25) is 0 Å². The van der Waals surface area contributed by atoms with Gasteiger partial charge in [-0.15, -0.1) is 0 Å². The van der Waals surface area contributed by atoms with Gasteiger partial charge in [0.05, 0.1) is 23.4 Å². The molecule has 0 spiro atoms. The van der Waals surface area contributed by atoms with Gasteiger partial charge >= 0.3 is 5.63 Å². The van der Waals surface area contributed by atoms with E-state index in [1.54, 1.807) is 7.11 Å². The molecule has 0 aliphatic carbocycles. The number of imidazole rings is 1. The van der Waals surface area contributed by atoms with Crippen molar-refractivity contribution >= 4 is 22.1 Å². The monoisotopic (exact) mass is 447 g/mol. The molecule has 3 aromatic heterocycles. The molecular weight excluding hydrogens is 418 g/mol. The number of fused-ring (bicyclic) bond motifs is 2. The molecular formula is C25H29N5O3. The van der Waals surface area contributed by atoms with Crippen molar-refractivity contribution in [3.8, 4) is 11.5 Å². The van der Waals surface area contributed by atoms with Crippen molar-refractivity contribution < 1.29 is 9.15 Å². The molecule has 8 heteroatoms. The number of hydrogen-bond donors (Lipinski definition) is 0. The minimum atomic E-state index is -0.348. The Morgan fingerprint density at radius 2 is 2.00 bits per heavy atom. The second-order valence-electron chi connectivity index (χ2n) is 8.82. The van der Waals surface area contributed by atoms with E-state index in [0.717, 1.165) is 60.9 Å². The van der Waals surface area contributed by atoms with Crippen molar-refractivity contribution in [2.24, 2.45) is 0 Å². The molecule has 1 fully saturated rings. The Balaban J connectivity index is 1.44. The summed E-state index contributed by atoms with van der Waals surface area (Å²) in [6, 6.07) is 8.34. The Hall–Kier alpha value is -3.23. The lowest BCUT2D eigenvalue weighted by molar-refractivity contribution is 0.117. The molecule has 1 aliphatic rings. The van der Waals surface area contributed by atoms with Crippen LogP contribution in [0.4, 0.5) is 5.69 Å². The minimum Gasteiger partial charge on any atom is -0.421 e. The molecule has 0 unspecified atom stereocenters. The van der Waals surface area contributed by atoms with Gasteiger partial charge in [-0.2, -0.15) is 0 Å². The van der Waals surface area contributed by atoms with Crippen molar-refractivity contribution in [3.63, 3.8) is 0 Å². The Kier molecular flexibility index (Phi) is 5.64. The molecule has 172 valence electrons. The predicted octanol–water partition coefficient (Wildman–Crippen LogP) is 3.28. The third kappa shape index (κ3) is 4.12. The highest BCUT2D eigenvalue weighted by atomic mass is 16.5. The van der Waals surface area contributed by atoms with Gasteiger partial charge in [0.1, 0.15) is 5.69 Å². The number of methoxy groups -OCH3 is 1. The van der Waals surface area contributed by atoms with E-state index in [1.807, 2.05) is 48.8 Å². The fourth-order valence-corrected chi connectivity index (χ4v) is 4.69. The highest BCUT2D eigenvalue weighted by Gasteiger charge is 2.24. The van der Waals surface area contributed by atoms with Crippen LogP contribution in [0.1, 0.15) is 18.3 Å². The smallest absolute Gasteiger partial charge is 0.344 e. The van der Waals surface area contributed by atoms with Gasteiger partial charge in [-0.1, -0.05) is 6.07 Å². The lowest BCUT2D eigenvalue weighted by Gasteiger charge is -2.41. The first kappa shape index (κ1) is 21.6. The van der Waals surface area contributed by atoms with Crippen molar-refractivity contribution in [2.45, 2.75) is 26.8 Å². The van der Waals surface area contributed by atoms with Crippen LogP contribution in [0.15, 0.2) is 45.9 Å². The highest BCUT2D eigenvalue weighted by Crippen LogP contribution is 2.27. The summed E-state index contributed by atoms with van der Waals surface area (Å²) in [5.74, 6) is 0.460. The summed E-state index contributed by atoms with van der Waals surface area (Å²) in [5, 5.41) is 1.43. The van der Waals surface area contributed by atoms with E-state index in [9.17, 15) is 4.79 Å². The first-order valence-corrected chi connectivity index (χ1v) is 11.3. The number of piperazine rings is 1. The second-order valence-corrected chi connectivity index (χ2v) is 8.82. The molecule has 1 atom stereocenters. The molecule has 4 aromatic rings. The molecule has 1 aromatic carbocycles. The lowest BCUT2D eigenvalue weighted by atomic mass is 10.1. The zero-order chi connectivity index (χ0) is 23.1. The van der Waals surface area contributed by atoms with Crippen LogP contribution in [0.3, 0.4) is 0 Å². The molecule has 0 amide bonds. The molecule has 5 rings (SSSR count). The Bertz CT molecular complexity index is 1380. The second kappa shape index (κ2) is 8.61. The molecule has 1 saturated heterocycles. The van der Waals surface area contributed by atoms with Crippen molar-refractivity contribution in [1.82, 2.24) is 19.3 Å². The molecule has 4 heterocycles. The number of nitrogens with zero attached hydrogens (tertiary/aromatic N) is 5. The van der Waals surface area contributed by atoms with Crippen LogP contribution in [0.25, 0.3) is 27.9 Å². The Morgan fingerprint density at radius 1 is 1.15 bits per heavy atom. The van der Waals surface area contributed by atoms with Gasteiger partial charge in [0.25, 0.3) is 0 Å². The number of hydrogen-bond acceptors (Lipinski definition) is 7. The average Bonchev–Trinajstić information content (AvgIpc) is 3.22. The van der Waals surface area contributed by atoms with Crippen LogP contribution < -0.4 is 10.5 Å². The van der Waals surface area contributed by atoms with E-state index in [0.29, 0.717) is 22.9 Å². The summed E-state index contributed by atoms with van der Waals surface area (Å²) in [5.41, 5.74) is 3.82. The predicted molar refractivity (Wildman–Crippen MR) is 129 cm³/mol. The van der Waals surface area contributed by atoms with Crippen LogP contribution in [-0.4, -0.2) is 65.2 Å². The molecule has 1 aliphatic heterocycles. The first-order valence-electron chi connectivity index (χ1n) is 11.3. The van der Waals surface area contributed by atoms with Gasteiger partial charge < -0.3 is 18.5 Å². The zero-order valence-corrected chi connectivity index (χ0v) is 19.5. The number of anilines is 1. The van der Waals surface area contributed by atoms with Gasteiger partial charge in [-0.3, -0.25) is 9.88 Å². The number of rotatable bonds is 5. The minimum absolute atomic E-state index is 0.348. The first-order chi connectivity index (χ1) is 15.9. The van der Waals surface area contributed by atoms with E-state index < -0.39 is 0 Å². The third-order valence-corrected chi connectivity index (χ3v) is 6.44. The molecule has 0 bridgehead atoms.